The largest absolute Gasteiger partial charge is 0.379 e. The third-order valence-electron chi connectivity index (χ3n) is 6.74. The van der Waals surface area contributed by atoms with E-state index in [0.717, 1.165) is 56.6 Å². The van der Waals surface area contributed by atoms with E-state index in [0.29, 0.717) is 19.1 Å². The fourth-order valence-corrected chi connectivity index (χ4v) is 5.17. The highest BCUT2D eigenvalue weighted by Gasteiger charge is 2.38. The zero-order chi connectivity index (χ0) is 21.6. The summed E-state index contributed by atoms with van der Waals surface area (Å²) in [6, 6.07) is 17.2. The Hall–Kier alpha value is -2.40. The van der Waals surface area contributed by atoms with Crippen LogP contribution >= 0.6 is 0 Å². The molecule has 0 bridgehead atoms. The van der Waals surface area contributed by atoms with Crippen molar-refractivity contribution in [3.05, 3.63) is 66.0 Å². The van der Waals surface area contributed by atoms with Crippen LogP contribution in [-0.2, 0) is 16.0 Å². The molecule has 0 aliphatic carbocycles. The van der Waals surface area contributed by atoms with Gasteiger partial charge in [0.1, 0.15) is 5.82 Å². The lowest BCUT2D eigenvalue weighted by Gasteiger charge is -2.43. The number of hydrogen-bond donors (Lipinski definition) is 0. The number of nitrogens with zero attached hydrogens (tertiary/aromatic N) is 2. The molecule has 3 atom stereocenters. The van der Waals surface area contributed by atoms with E-state index in [2.05, 4.69) is 28.9 Å². The number of hydrogen-bond acceptors (Lipinski definition) is 3. The van der Waals surface area contributed by atoms with Crippen LogP contribution in [0.1, 0.15) is 31.7 Å². The molecule has 2 aliphatic rings. The summed E-state index contributed by atoms with van der Waals surface area (Å²) in [7, 11) is 0. The van der Waals surface area contributed by atoms with E-state index in [1.54, 1.807) is 0 Å². The molecule has 2 fully saturated rings. The molecule has 0 aromatic heterocycles. The standard InChI is InChI=1S/C26H33FN2O2/c1-2-29(23-8-4-3-5-9-23)25-19-31-16-14-24(25)26(30)28-15-6-7-21(18-28)17-20-10-12-22(27)13-11-20/h3-5,8-13,21,24-25H,2,6-7,14-19H2,1H3. The molecule has 31 heavy (non-hydrogen) atoms. The van der Waals surface area contributed by atoms with Crippen molar-refractivity contribution >= 4 is 11.6 Å². The lowest BCUT2D eigenvalue weighted by atomic mass is 9.87. The van der Waals surface area contributed by atoms with Gasteiger partial charge in [-0.1, -0.05) is 30.3 Å². The van der Waals surface area contributed by atoms with E-state index in [4.69, 9.17) is 4.74 Å². The molecule has 2 heterocycles. The van der Waals surface area contributed by atoms with Crippen LogP contribution in [0.4, 0.5) is 10.1 Å². The maximum atomic E-state index is 13.7. The molecule has 166 valence electrons. The van der Waals surface area contributed by atoms with E-state index < -0.39 is 0 Å². The topological polar surface area (TPSA) is 32.8 Å². The number of likely N-dealkylation sites (tertiary alicyclic amines) is 1. The molecule has 0 saturated carbocycles. The summed E-state index contributed by atoms with van der Waals surface area (Å²) in [6.07, 6.45) is 3.81. The van der Waals surface area contributed by atoms with Crippen LogP contribution in [0.2, 0.25) is 0 Å². The molecule has 2 saturated heterocycles. The monoisotopic (exact) mass is 424 g/mol. The van der Waals surface area contributed by atoms with Crippen molar-refractivity contribution < 1.29 is 13.9 Å². The second kappa shape index (κ2) is 10.3. The number of halogens is 1. The number of piperidine rings is 1. The molecule has 0 spiro atoms. The van der Waals surface area contributed by atoms with Gasteiger partial charge in [-0.25, -0.2) is 4.39 Å². The molecule has 1 amide bonds. The molecule has 2 aromatic carbocycles. The van der Waals surface area contributed by atoms with Gasteiger partial charge in [-0.05, 0) is 68.4 Å². The maximum Gasteiger partial charge on any atom is 0.227 e. The zero-order valence-corrected chi connectivity index (χ0v) is 18.4. The summed E-state index contributed by atoms with van der Waals surface area (Å²) in [5.41, 5.74) is 2.29. The van der Waals surface area contributed by atoms with Crippen LogP contribution in [0.25, 0.3) is 0 Å². The number of carbonyl (C=O) groups is 1. The summed E-state index contributed by atoms with van der Waals surface area (Å²) in [4.78, 5) is 18.1. The number of rotatable bonds is 6. The van der Waals surface area contributed by atoms with E-state index in [9.17, 15) is 9.18 Å². The summed E-state index contributed by atoms with van der Waals surface area (Å²) >= 11 is 0. The van der Waals surface area contributed by atoms with Crippen LogP contribution < -0.4 is 4.90 Å². The van der Waals surface area contributed by atoms with Crippen molar-refractivity contribution in [2.24, 2.45) is 11.8 Å². The summed E-state index contributed by atoms with van der Waals surface area (Å²) in [5, 5.41) is 0. The SMILES string of the molecule is CCN(c1ccccc1)C1COCCC1C(=O)N1CCCC(Cc2ccc(F)cc2)C1. The summed E-state index contributed by atoms with van der Waals surface area (Å²) in [5.74, 6) is 0.455. The molecule has 5 heteroatoms. The lowest BCUT2D eigenvalue weighted by Crippen LogP contribution is -2.54. The van der Waals surface area contributed by atoms with Gasteiger partial charge >= 0.3 is 0 Å². The molecule has 3 unspecified atom stereocenters. The average Bonchev–Trinajstić information content (AvgIpc) is 2.82. The molecule has 0 N–H and O–H groups in total. The Kier molecular flexibility index (Phi) is 7.23. The Morgan fingerprint density at radius 2 is 1.90 bits per heavy atom. The number of amides is 1. The zero-order valence-electron chi connectivity index (χ0n) is 18.4. The number of likely N-dealkylation sites (N-methyl/N-ethyl adjacent to an activating group) is 1. The van der Waals surface area contributed by atoms with Gasteiger partial charge in [-0.3, -0.25) is 4.79 Å². The van der Waals surface area contributed by atoms with Crippen molar-refractivity contribution in [3.63, 3.8) is 0 Å². The predicted octanol–water partition coefficient (Wildman–Crippen LogP) is 4.54. The molecule has 2 aliphatic heterocycles. The van der Waals surface area contributed by atoms with Gasteiger partial charge in [-0.2, -0.15) is 0 Å². The quantitative estimate of drug-likeness (QED) is 0.683. The Balaban J connectivity index is 1.45. The van der Waals surface area contributed by atoms with E-state index in [1.165, 1.54) is 12.1 Å². The van der Waals surface area contributed by atoms with Crippen LogP contribution in [0.3, 0.4) is 0 Å². The van der Waals surface area contributed by atoms with Crippen molar-refractivity contribution in [1.82, 2.24) is 4.90 Å². The van der Waals surface area contributed by atoms with Gasteiger partial charge < -0.3 is 14.5 Å². The molecule has 2 aromatic rings. The van der Waals surface area contributed by atoms with E-state index in [1.807, 2.05) is 30.3 Å². The number of benzene rings is 2. The maximum absolute atomic E-state index is 13.7. The van der Waals surface area contributed by atoms with Gasteiger partial charge in [-0.15, -0.1) is 0 Å². The second-order valence-corrected chi connectivity index (χ2v) is 8.78. The van der Waals surface area contributed by atoms with Crippen molar-refractivity contribution in [2.75, 3.05) is 37.7 Å². The normalized spacial score (nSPS) is 24.1. The number of carbonyl (C=O) groups excluding carboxylic acids is 1. The van der Waals surface area contributed by atoms with Gasteiger partial charge in [0.05, 0.1) is 18.6 Å². The number of anilines is 1. The molecular weight excluding hydrogens is 391 g/mol. The second-order valence-electron chi connectivity index (χ2n) is 8.78. The first kappa shape index (κ1) is 21.8. The van der Waals surface area contributed by atoms with Crippen molar-refractivity contribution in [2.45, 2.75) is 38.6 Å². The lowest BCUT2D eigenvalue weighted by molar-refractivity contribution is -0.141. The number of ether oxygens (including phenoxy) is 1. The minimum atomic E-state index is -0.200. The highest BCUT2D eigenvalue weighted by atomic mass is 19.1. The molecular formula is C26H33FN2O2. The highest BCUT2D eigenvalue weighted by molar-refractivity contribution is 5.80. The minimum absolute atomic E-state index is 0.0431. The third-order valence-corrected chi connectivity index (χ3v) is 6.74. The molecule has 4 nitrogen and oxygen atoms in total. The fraction of sp³-hybridized carbons (Fsp3) is 0.500. The van der Waals surface area contributed by atoms with Crippen LogP contribution in [0, 0.1) is 17.7 Å². The minimum Gasteiger partial charge on any atom is -0.379 e. The van der Waals surface area contributed by atoms with E-state index in [-0.39, 0.29) is 23.7 Å². The van der Waals surface area contributed by atoms with Crippen LogP contribution in [0.5, 0.6) is 0 Å². The Labute approximate surface area is 185 Å². The molecule has 0 radical (unpaired) electrons. The Morgan fingerprint density at radius 1 is 1.13 bits per heavy atom. The summed E-state index contributed by atoms with van der Waals surface area (Å²) < 4.78 is 19.0. The Morgan fingerprint density at radius 3 is 2.65 bits per heavy atom. The van der Waals surface area contributed by atoms with Gasteiger partial charge in [0, 0.05) is 31.9 Å². The van der Waals surface area contributed by atoms with Crippen molar-refractivity contribution in [3.8, 4) is 0 Å². The van der Waals surface area contributed by atoms with Gasteiger partial charge in [0.2, 0.25) is 5.91 Å². The Bertz CT molecular complexity index is 842. The van der Waals surface area contributed by atoms with Gasteiger partial charge in [0.15, 0.2) is 0 Å². The number of para-hydroxylation sites is 1. The van der Waals surface area contributed by atoms with Crippen LogP contribution in [-0.4, -0.2) is 49.7 Å². The predicted molar refractivity (Wildman–Crippen MR) is 122 cm³/mol. The van der Waals surface area contributed by atoms with Crippen molar-refractivity contribution in [1.29, 1.82) is 0 Å². The first-order valence-electron chi connectivity index (χ1n) is 11.6. The first-order valence-corrected chi connectivity index (χ1v) is 11.6. The third kappa shape index (κ3) is 5.27. The first-order chi connectivity index (χ1) is 15.2. The fourth-order valence-electron chi connectivity index (χ4n) is 5.17. The average molecular weight is 425 g/mol. The smallest absolute Gasteiger partial charge is 0.227 e. The summed E-state index contributed by atoms with van der Waals surface area (Å²) in [6.45, 7) is 5.84. The van der Waals surface area contributed by atoms with Crippen LogP contribution in [0.15, 0.2) is 54.6 Å². The highest BCUT2D eigenvalue weighted by Crippen LogP contribution is 2.30. The molecule has 4 rings (SSSR count). The van der Waals surface area contributed by atoms with E-state index >= 15 is 0 Å². The van der Waals surface area contributed by atoms with Gasteiger partial charge in [0.25, 0.3) is 0 Å².